The van der Waals surface area contributed by atoms with Crippen LogP contribution in [0.3, 0.4) is 0 Å². The summed E-state index contributed by atoms with van der Waals surface area (Å²) < 4.78 is 39.0. The van der Waals surface area contributed by atoms with Gasteiger partial charge in [-0.25, -0.2) is 8.42 Å². The lowest BCUT2D eigenvalue weighted by molar-refractivity contribution is -0.119. The topological polar surface area (TPSA) is 114 Å². The third-order valence-electron chi connectivity index (χ3n) is 5.15. The Kier molecular flexibility index (Phi) is 5.79. The minimum absolute atomic E-state index is 0.0431. The average Bonchev–Trinajstić information content (AvgIpc) is 3.37. The second-order valence-electron chi connectivity index (χ2n) is 7.57. The Morgan fingerprint density at radius 2 is 1.81 bits per heavy atom. The molecule has 4 rings (SSSR count). The Hall–Kier alpha value is -3.53. The van der Waals surface area contributed by atoms with Gasteiger partial charge in [0.05, 0.1) is 17.1 Å². The zero-order valence-electron chi connectivity index (χ0n) is 18.0. The van der Waals surface area contributed by atoms with Gasteiger partial charge in [-0.3, -0.25) is 14.2 Å². The molecule has 0 unspecified atom stereocenters. The lowest BCUT2D eigenvalue weighted by Crippen LogP contribution is -2.41. The first kappa shape index (κ1) is 21.7. The third kappa shape index (κ3) is 4.26. The summed E-state index contributed by atoms with van der Waals surface area (Å²) >= 11 is 0. The Balaban J connectivity index is 1.63. The van der Waals surface area contributed by atoms with E-state index in [1.54, 1.807) is 32.0 Å². The molecule has 9 nitrogen and oxygen atoms in total. The normalized spacial score (nSPS) is 12.6. The summed E-state index contributed by atoms with van der Waals surface area (Å²) in [6.07, 6.45) is 0. The molecule has 1 amide bonds. The fourth-order valence-corrected chi connectivity index (χ4v) is 5.23. The van der Waals surface area contributed by atoms with Crippen molar-refractivity contribution in [3.05, 3.63) is 65.0 Å². The van der Waals surface area contributed by atoms with E-state index in [9.17, 15) is 13.2 Å². The number of nitrogens with one attached hydrogen (secondary N) is 2. The summed E-state index contributed by atoms with van der Waals surface area (Å²) in [6, 6.07) is 12.5. The zero-order valence-corrected chi connectivity index (χ0v) is 18.8. The first-order valence-corrected chi connectivity index (χ1v) is 11.5. The van der Waals surface area contributed by atoms with Crippen LogP contribution in [0.25, 0.3) is 0 Å². The van der Waals surface area contributed by atoms with Crippen LogP contribution < -0.4 is 19.1 Å². The van der Waals surface area contributed by atoms with Gasteiger partial charge in [0, 0.05) is 12.6 Å². The number of hydrogen-bond donors (Lipinski definition) is 2. The third-order valence-corrected chi connectivity index (χ3v) is 7.19. The number of H-pyrrole nitrogens is 1. The molecular formula is C22H24N4O5S. The van der Waals surface area contributed by atoms with Gasteiger partial charge in [-0.1, -0.05) is 29.8 Å². The van der Waals surface area contributed by atoms with E-state index in [1.807, 2.05) is 31.2 Å². The Labute approximate surface area is 186 Å². The number of aryl methyl sites for hydroxylation is 3. The number of carbonyl (C=O) groups excluding carboxylic acids is 1. The number of aromatic amines is 1. The largest absolute Gasteiger partial charge is 0.454 e. The number of anilines is 1. The van der Waals surface area contributed by atoms with Gasteiger partial charge in [0.2, 0.25) is 12.7 Å². The molecule has 1 aliphatic rings. The predicted octanol–water partition coefficient (Wildman–Crippen LogP) is 2.58. The molecule has 1 aromatic heterocycles. The summed E-state index contributed by atoms with van der Waals surface area (Å²) in [6.45, 7) is 5.16. The van der Waals surface area contributed by atoms with Crippen LogP contribution in [0.4, 0.5) is 5.69 Å². The van der Waals surface area contributed by atoms with Crippen LogP contribution in [0.1, 0.15) is 22.5 Å². The minimum atomic E-state index is -4.09. The molecule has 0 fully saturated rings. The monoisotopic (exact) mass is 456 g/mol. The smallest absolute Gasteiger partial charge is 0.268 e. The van der Waals surface area contributed by atoms with Crippen molar-refractivity contribution in [2.75, 3.05) is 17.6 Å². The number of rotatable bonds is 7. The molecule has 0 spiro atoms. The predicted molar refractivity (Wildman–Crippen MR) is 118 cm³/mol. The van der Waals surface area contributed by atoms with Gasteiger partial charge in [0.15, 0.2) is 11.5 Å². The van der Waals surface area contributed by atoms with Gasteiger partial charge in [0.25, 0.3) is 10.0 Å². The maximum absolute atomic E-state index is 13.6. The Morgan fingerprint density at radius 1 is 1.09 bits per heavy atom. The highest BCUT2D eigenvalue weighted by Crippen LogP contribution is 2.37. The van der Waals surface area contributed by atoms with Crippen LogP contribution in [0.5, 0.6) is 11.5 Å². The maximum atomic E-state index is 13.6. The van der Waals surface area contributed by atoms with Gasteiger partial charge in [-0.2, -0.15) is 5.10 Å². The highest BCUT2D eigenvalue weighted by molar-refractivity contribution is 7.93. The average molecular weight is 457 g/mol. The highest BCUT2D eigenvalue weighted by Gasteiger charge is 2.32. The van der Waals surface area contributed by atoms with E-state index >= 15 is 0 Å². The summed E-state index contributed by atoms with van der Waals surface area (Å²) in [7, 11) is -4.09. The molecular weight excluding hydrogens is 432 g/mol. The number of nitrogens with zero attached hydrogens (tertiary/aromatic N) is 2. The number of benzene rings is 2. The SMILES string of the molecule is Cc1ccc(CNC(=O)CN(c2ccc3c(c2)OCO3)S(=O)(=O)c2c(C)n[nH]c2C)cc1. The van der Waals surface area contributed by atoms with Crippen molar-refractivity contribution in [1.29, 1.82) is 0 Å². The van der Waals surface area contributed by atoms with E-state index in [0.717, 1.165) is 15.4 Å². The molecule has 10 heteroatoms. The second-order valence-corrected chi connectivity index (χ2v) is 9.37. The Bertz CT molecular complexity index is 1230. The van der Waals surface area contributed by atoms with E-state index in [4.69, 9.17) is 9.47 Å². The van der Waals surface area contributed by atoms with Crippen molar-refractivity contribution >= 4 is 21.6 Å². The van der Waals surface area contributed by atoms with Crippen LogP contribution in [-0.4, -0.2) is 37.9 Å². The standard InChI is InChI=1S/C22H24N4O5S/c1-14-4-6-17(7-5-14)11-23-21(27)12-26(18-8-9-19-20(10-18)31-13-30-19)32(28,29)22-15(2)24-25-16(22)3/h4-10H,11-13H2,1-3H3,(H,23,27)(H,24,25). The molecule has 3 aromatic rings. The molecule has 32 heavy (non-hydrogen) atoms. The molecule has 0 atom stereocenters. The van der Waals surface area contributed by atoms with Crippen molar-refractivity contribution in [2.45, 2.75) is 32.2 Å². The molecule has 0 saturated carbocycles. The number of amides is 1. The second kappa shape index (κ2) is 8.54. The highest BCUT2D eigenvalue weighted by atomic mass is 32.2. The summed E-state index contributed by atoms with van der Waals surface area (Å²) in [5.74, 6) is 0.500. The number of fused-ring (bicyclic) bond motifs is 1. The van der Waals surface area contributed by atoms with Crippen LogP contribution in [0.2, 0.25) is 0 Å². The molecule has 0 bridgehead atoms. The molecule has 2 aromatic carbocycles. The van der Waals surface area contributed by atoms with E-state index in [-0.39, 0.29) is 18.2 Å². The number of ether oxygens (including phenoxy) is 2. The van der Waals surface area contributed by atoms with Crippen molar-refractivity contribution in [2.24, 2.45) is 0 Å². The number of sulfonamides is 1. The van der Waals surface area contributed by atoms with Crippen LogP contribution in [-0.2, 0) is 21.4 Å². The molecule has 0 aliphatic carbocycles. The van der Waals surface area contributed by atoms with Crippen molar-refractivity contribution in [1.82, 2.24) is 15.5 Å². The summed E-state index contributed by atoms with van der Waals surface area (Å²) in [4.78, 5) is 12.8. The summed E-state index contributed by atoms with van der Waals surface area (Å²) in [5, 5.41) is 9.49. The van der Waals surface area contributed by atoms with Crippen LogP contribution in [0.15, 0.2) is 47.4 Å². The molecule has 2 N–H and O–H groups in total. The lowest BCUT2D eigenvalue weighted by atomic mass is 10.1. The van der Waals surface area contributed by atoms with Crippen molar-refractivity contribution < 1.29 is 22.7 Å². The summed E-state index contributed by atoms with van der Waals surface area (Å²) in [5.41, 5.74) is 3.05. The van der Waals surface area contributed by atoms with E-state index in [2.05, 4.69) is 15.5 Å². The van der Waals surface area contributed by atoms with Gasteiger partial charge < -0.3 is 14.8 Å². The van der Waals surface area contributed by atoms with E-state index in [0.29, 0.717) is 28.6 Å². The van der Waals surface area contributed by atoms with Crippen LogP contribution in [0, 0.1) is 20.8 Å². The number of carbonyl (C=O) groups is 1. The van der Waals surface area contributed by atoms with Crippen LogP contribution >= 0.6 is 0 Å². The quantitative estimate of drug-likeness (QED) is 0.565. The molecule has 0 radical (unpaired) electrons. The molecule has 2 heterocycles. The van der Waals surface area contributed by atoms with Gasteiger partial charge in [-0.15, -0.1) is 0 Å². The molecule has 0 saturated heterocycles. The van der Waals surface area contributed by atoms with E-state index < -0.39 is 22.5 Å². The maximum Gasteiger partial charge on any atom is 0.268 e. The van der Waals surface area contributed by atoms with Gasteiger partial charge >= 0.3 is 0 Å². The number of aromatic nitrogens is 2. The van der Waals surface area contributed by atoms with Crippen molar-refractivity contribution in [3.8, 4) is 11.5 Å². The zero-order chi connectivity index (χ0) is 22.9. The minimum Gasteiger partial charge on any atom is -0.454 e. The number of hydrogen-bond acceptors (Lipinski definition) is 6. The first-order valence-electron chi connectivity index (χ1n) is 10.0. The van der Waals surface area contributed by atoms with Crippen molar-refractivity contribution in [3.63, 3.8) is 0 Å². The fourth-order valence-electron chi connectivity index (χ4n) is 3.48. The molecule has 1 aliphatic heterocycles. The lowest BCUT2D eigenvalue weighted by Gasteiger charge is -2.24. The van der Waals surface area contributed by atoms with E-state index in [1.165, 1.54) is 0 Å². The fraction of sp³-hybridized carbons (Fsp3) is 0.273. The van der Waals surface area contributed by atoms with Gasteiger partial charge in [-0.05, 0) is 38.5 Å². The van der Waals surface area contributed by atoms with Gasteiger partial charge in [0.1, 0.15) is 11.4 Å². The first-order chi connectivity index (χ1) is 15.3. The molecule has 168 valence electrons. The Morgan fingerprint density at radius 3 is 2.50 bits per heavy atom.